The first kappa shape index (κ1) is 18.3. The number of imidazole rings is 1. The molecule has 0 spiro atoms. The van der Waals surface area contributed by atoms with Crippen molar-refractivity contribution in [2.75, 3.05) is 13.7 Å². The number of methoxy groups -OCH3 is 1. The molecule has 0 bridgehead atoms. The van der Waals surface area contributed by atoms with Crippen LogP contribution in [0.15, 0.2) is 30.3 Å². The lowest BCUT2D eigenvalue weighted by Gasteiger charge is -2.17. The number of nitrogens with one attached hydrogen (secondary N) is 3. The molecule has 0 fully saturated rings. The number of fused-ring (bicyclic) bond motifs is 1. The van der Waals surface area contributed by atoms with Gasteiger partial charge in [0.15, 0.2) is 5.82 Å². The van der Waals surface area contributed by atoms with E-state index in [0.717, 1.165) is 22.7 Å². The number of H-pyrrole nitrogens is 2. The summed E-state index contributed by atoms with van der Waals surface area (Å²) < 4.78 is 5.51. The van der Waals surface area contributed by atoms with Crippen molar-refractivity contribution in [3.8, 4) is 17.3 Å². The van der Waals surface area contributed by atoms with Gasteiger partial charge in [-0.25, -0.2) is 4.98 Å². The first-order chi connectivity index (χ1) is 13.4. The second kappa shape index (κ2) is 6.82. The molecule has 146 valence electrons. The summed E-state index contributed by atoms with van der Waals surface area (Å²) in [5.74, 6) is 1.36. The van der Waals surface area contributed by atoms with E-state index in [4.69, 9.17) is 4.74 Å². The summed E-state index contributed by atoms with van der Waals surface area (Å²) in [6.45, 7) is 6.89. The van der Waals surface area contributed by atoms with Crippen molar-refractivity contribution in [2.24, 2.45) is 0 Å². The lowest BCUT2D eigenvalue weighted by Crippen LogP contribution is -2.26. The number of aromatic nitrogens is 4. The Bertz CT molecular complexity index is 1010. The lowest BCUT2D eigenvalue weighted by atomic mass is 9.92. The van der Waals surface area contributed by atoms with E-state index in [9.17, 15) is 4.79 Å². The van der Waals surface area contributed by atoms with Crippen molar-refractivity contribution in [3.63, 3.8) is 0 Å². The van der Waals surface area contributed by atoms with Crippen LogP contribution in [0.5, 0.6) is 5.75 Å². The summed E-state index contributed by atoms with van der Waals surface area (Å²) in [6, 6.07) is 9.90. The van der Waals surface area contributed by atoms with Gasteiger partial charge in [-0.3, -0.25) is 9.89 Å². The zero-order chi connectivity index (χ0) is 19.9. The van der Waals surface area contributed by atoms with E-state index in [1.54, 1.807) is 7.11 Å². The van der Waals surface area contributed by atoms with Gasteiger partial charge in [-0.05, 0) is 24.1 Å². The van der Waals surface area contributed by atoms with Gasteiger partial charge in [-0.2, -0.15) is 5.10 Å². The molecule has 1 aliphatic rings. The summed E-state index contributed by atoms with van der Waals surface area (Å²) in [4.78, 5) is 20.5. The largest absolute Gasteiger partial charge is 0.496 e. The fraction of sp³-hybridized carbons (Fsp3) is 0.381. The number of amides is 1. The fourth-order valence-corrected chi connectivity index (χ4v) is 3.54. The van der Waals surface area contributed by atoms with E-state index >= 15 is 0 Å². The number of carbonyl (C=O) groups is 1. The number of carbonyl (C=O) groups excluding carboxylic acids is 1. The summed E-state index contributed by atoms with van der Waals surface area (Å²) in [5.41, 5.74) is 4.02. The molecule has 2 aromatic heterocycles. The third-order valence-corrected chi connectivity index (χ3v) is 5.16. The van der Waals surface area contributed by atoms with Gasteiger partial charge < -0.3 is 15.0 Å². The fourth-order valence-electron chi connectivity index (χ4n) is 3.54. The third-order valence-electron chi connectivity index (χ3n) is 5.16. The van der Waals surface area contributed by atoms with Gasteiger partial charge in [0.05, 0.1) is 7.11 Å². The summed E-state index contributed by atoms with van der Waals surface area (Å²) in [5, 5.41) is 10.4. The molecule has 3 aromatic rings. The van der Waals surface area contributed by atoms with E-state index < -0.39 is 0 Å². The monoisotopic (exact) mass is 379 g/mol. The van der Waals surface area contributed by atoms with Crippen molar-refractivity contribution in [1.29, 1.82) is 0 Å². The van der Waals surface area contributed by atoms with Gasteiger partial charge in [-0.1, -0.05) is 39.0 Å². The van der Waals surface area contributed by atoms with Gasteiger partial charge >= 0.3 is 0 Å². The normalized spacial score (nSPS) is 17.0. The Kier molecular flexibility index (Phi) is 4.45. The van der Waals surface area contributed by atoms with Crippen molar-refractivity contribution in [1.82, 2.24) is 25.5 Å². The highest BCUT2D eigenvalue weighted by molar-refractivity contribution is 5.94. The number of benzene rings is 1. The van der Waals surface area contributed by atoms with Crippen molar-refractivity contribution >= 4 is 5.91 Å². The smallest absolute Gasteiger partial charge is 0.271 e. The van der Waals surface area contributed by atoms with Gasteiger partial charge in [-0.15, -0.1) is 0 Å². The predicted octanol–water partition coefficient (Wildman–Crippen LogP) is 3.18. The molecule has 3 N–H and O–H groups in total. The van der Waals surface area contributed by atoms with Crippen molar-refractivity contribution in [3.05, 3.63) is 53.0 Å². The Morgan fingerprint density at radius 3 is 2.71 bits per heavy atom. The second-order valence-electron chi connectivity index (χ2n) is 8.18. The molecule has 1 amide bonds. The van der Waals surface area contributed by atoms with E-state index in [1.807, 2.05) is 30.3 Å². The molecule has 1 aliphatic heterocycles. The van der Waals surface area contributed by atoms with Crippen LogP contribution >= 0.6 is 0 Å². The molecule has 0 saturated heterocycles. The Hall–Kier alpha value is -3.09. The average Bonchev–Trinajstić information content (AvgIpc) is 3.29. The maximum atomic E-state index is 12.6. The molecule has 7 heteroatoms. The molecule has 28 heavy (non-hydrogen) atoms. The number of hydrogen-bond acceptors (Lipinski definition) is 4. The minimum Gasteiger partial charge on any atom is -0.496 e. The maximum absolute atomic E-state index is 12.6. The van der Waals surface area contributed by atoms with Crippen LogP contribution < -0.4 is 10.1 Å². The molecular weight excluding hydrogens is 354 g/mol. The molecule has 0 saturated carbocycles. The average molecular weight is 379 g/mol. The highest BCUT2D eigenvalue weighted by Crippen LogP contribution is 2.32. The quantitative estimate of drug-likeness (QED) is 0.651. The topological polar surface area (TPSA) is 95.7 Å². The molecule has 1 atom stereocenters. The Morgan fingerprint density at radius 2 is 2.00 bits per heavy atom. The first-order valence-corrected chi connectivity index (χ1v) is 9.43. The molecule has 0 unspecified atom stereocenters. The summed E-state index contributed by atoms with van der Waals surface area (Å²) in [6.07, 6.45) is 0.665. The molecule has 0 radical (unpaired) electrons. The second-order valence-corrected chi connectivity index (χ2v) is 8.18. The molecule has 1 aromatic carbocycles. The van der Waals surface area contributed by atoms with Crippen LogP contribution in [0.4, 0.5) is 0 Å². The molecule has 4 rings (SSSR count). The molecule has 3 heterocycles. The van der Waals surface area contributed by atoms with Crippen LogP contribution in [-0.4, -0.2) is 39.7 Å². The van der Waals surface area contributed by atoms with Crippen LogP contribution in [0.2, 0.25) is 0 Å². The highest BCUT2D eigenvalue weighted by Gasteiger charge is 2.28. The molecule has 0 aliphatic carbocycles. The highest BCUT2D eigenvalue weighted by atomic mass is 16.5. The van der Waals surface area contributed by atoms with Gasteiger partial charge in [0.1, 0.15) is 17.1 Å². The van der Waals surface area contributed by atoms with E-state index in [-0.39, 0.29) is 17.2 Å². The van der Waals surface area contributed by atoms with Crippen LogP contribution in [-0.2, 0) is 11.8 Å². The maximum Gasteiger partial charge on any atom is 0.271 e. The SMILES string of the molecule is COc1ccccc1[C@H]1CNC(=O)c2nc(-c3cc(C(C)(C)C)[nH]n3)[nH]c2C1. The van der Waals surface area contributed by atoms with Crippen LogP contribution in [0, 0.1) is 0 Å². The number of nitrogens with zero attached hydrogens (tertiary/aromatic N) is 2. The predicted molar refractivity (Wildman–Crippen MR) is 107 cm³/mol. The zero-order valence-electron chi connectivity index (χ0n) is 16.6. The Morgan fingerprint density at radius 1 is 1.21 bits per heavy atom. The number of rotatable bonds is 3. The zero-order valence-corrected chi connectivity index (χ0v) is 16.6. The Labute approximate surface area is 163 Å². The van der Waals surface area contributed by atoms with Crippen molar-refractivity contribution < 1.29 is 9.53 Å². The van der Waals surface area contributed by atoms with E-state index in [0.29, 0.717) is 30.2 Å². The molecule has 7 nitrogen and oxygen atoms in total. The van der Waals surface area contributed by atoms with Crippen LogP contribution in [0.3, 0.4) is 0 Å². The van der Waals surface area contributed by atoms with Gasteiger partial charge in [0.2, 0.25) is 0 Å². The van der Waals surface area contributed by atoms with Crippen LogP contribution in [0.1, 0.15) is 54.1 Å². The third kappa shape index (κ3) is 3.28. The van der Waals surface area contributed by atoms with Crippen molar-refractivity contribution in [2.45, 2.75) is 38.5 Å². The summed E-state index contributed by atoms with van der Waals surface area (Å²) >= 11 is 0. The minimum absolute atomic E-state index is 0.0404. The first-order valence-electron chi connectivity index (χ1n) is 9.43. The minimum atomic E-state index is -0.165. The number of para-hydroxylation sites is 1. The number of aromatic amines is 2. The van der Waals surface area contributed by atoms with Crippen LogP contribution in [0.25, 0.3) is 11.5 Å². The summed E-state index contributed by atoms with van der Waals surface area (Å²) in [7, 11) is 1.66. The Balaban J connectivity index is 1.69. The molecular formula is C21H25N5O2. The number of hydrogen-bond donors (Lipinski definition) is 3. The lowest BCUT2D eigenvalue weighted by molar-refractivity contribution is 0.0950. The van der Waals surface area contributed by atoms with Gasteiger partial charge in [0.25, 0.3) is 5.91 Å². The standard InChI is InChI=1S/C21H25N5O2/c1-21(2,3)17-10-15(25-26-17)19-23-14-9-12(11-22-20(27)18(14)24-19)13-7-5-6-8-16(13)28-4/h5-8,10,12H,9,11H2,1-4H3,(H,22,27)(H,23,24)(H,25,26)/t12-/m1/s1. The van der Waals surface area contributed by atoms with Gasteiger partial charge in [0, 0.05) is 29.3 Å². The van der Waals surface area contributed by atoms with E-state index in [2.05, 4.69) is 46.3 Å². The number of ether oxygens (including phenoxy) is 1. The van der Waals surface area contributed by atoms with E-state index in [1.165, 1.54) is 0 Å².